The van der Waals surface area contributed by atoms with Crippen LogP contribution in [0.3, 0.4) is 0 Å². The van der Waals surface area contributed by atoms with Crippen molar-refractivity contribution >= 4 is 49.4 Å². The molecule has 1 heterocycles. The van der Waals surface area contributed by atoms with Crippen LogP contribution in [0.15, 0.2) is 44.3 Å². The largest absolute Gasteiger partial charge is 0.503 e. The van der Waals surface area contributed by atoms with Crippen molar-refractivity contribution < 1.29 is 14.6 Å². The molecule has 5 nitrogen and oxygen atoms in total. The fourth-order valence-corrected chi connectivity index (χ4v) is 3.52. The minimum atomic E-state index is 0.0748. The molecular weight excluding hydrogens is 464 g/mol. The number of aromatic hydroxyl groups is 1. The van der Waals surface area contributed by atoms with Crippen molar-refractivity contribution in [2.75, 3.05) is 37.8 Å². The van der Waals surface area contributed by atoms with Gasteiger partial charge in [0.25, 0.3) is 0 Å². The predicted octanol–water partition coefficient (Wildman–Crippen LogP) is 4.90. The van der Waals surface area contributed by atoms with Crippen molar-refractivity contribution in [2.45, 2.75) is 6.92 Å². The van der Waals surface area contributed by atoms with E-state index in [-0.39, 0.29) is 5.75 Å². The molecule has 0 amide bonds. The summed E-state index contributed by atoms with van der Waals surface area (Å²) in [5, 5.41) is 10.1. The van der Waals surface area contributed by atoms with Gasteiger partial charge in [-0.25, -0.2) is 0 Å². The minimum absolute atomic E-state index is 0.0748. The molecule has 0 atom stereocenters. The Hall–Kier alpha value is -1.57. The Kier molecular flexibility index (Phi) is 6.56. The number of nitrogens with zero attached hydrogens (tertiary/aromatic N) is 2. The van der Waals surface area contributed by atoms with E-state index in [1.165, 1.54) is 5.69 Å². The van der Waals surface area contributed by atoms with Crippen LogP contribution in [0, 0.1) is 0 Å². The summed E-state index contributed by atoms with van der Waals surface area (Å²) >= 11 is 6.86. The highest BCUT2D eigenvalue weighted by molar-refractivity contribution is 9.13. The molecule has 1 N–H and O–H groups in total. The molecule has 0 saturated carbocycles. The number of hydrogen-bond donors (Lipinski definition) is 1. The molecule has 0 spiro atoms. The topological polar surface area (TPSA) is 54.3 Å². The van der Waals surface area contributed by atoms with Crippen molar-refractivity contribution in [3.8, 4) is 11.5 Å². The Morgan fingerprint density at radius 1 is 1.19 bits per heavy atom. The van der Waals surface area contributed by atoms with E-state index in [4.69, 9.17) is 9.47 Å². The lowest BCUT2D eigenvalue weighted by molar-refractivity contribution is 0.122. The van der Waals surface area contributed by atoms with Gasteiger partial charge in [-0.05, 0) is 69.1 Å². The van der Waals surface area contributed by atoms with Crippen LogP contribution in [0.5, 0.6) is 11.5 Å². The molecule has 1 saturated heterocycles. The summed E-state index contributed by atoms with van der Waals surface area (Å²) in [6.45, 7) is 5.71. The Labute approximate surface area is 169 Å². The van der Waals surface area contributed by atoms with Crippen LogP contribution in [0.1, 0.15) is 12.5 Å². The van der Waals surface area contributed by atoms with E-state index in [2.05, 4.69) is 53.9 Å². The van der Waals surface area contributed by atoms with Crippen LogP contribution in [0.2, 0.25) is 0 Å². The number of aliphatic imine (C=N–C) groups is 1. The van der Waals surface area contributed by atoms with Crippen LogP contribution >= 0.6 is 31.9 Å². The van der Waals surface area contributed by atoms with Crippen molar-refractivity contribution in [3.63, 3.8) is 0 Å². The second-order valence-electron chi connectivity index (χ2n) is 5.75. The van der Waals surface area contributed by atoms with Gasteiger partial charge in [-0.2, -0.15) is 0 Å². The first-order chi connectivity index (χ1) is 12.6. The van der Waals surface area contributed by atoms with Gasteiger partial charge in [-0.3, -0.25) is 4.99 Å². The quantitative estimate of drug-likeness (QED) is 0.614. The van der Waals surface area contributed by atoms with E-state index in [9.17, 15) is 5.11 Å². The Morgan fingerprint density at radius 2 is 1.88 bits per heavy atom. The maximum Gasteiger partial charge on any atom is 0.173 e. The fraction of sp³-hybridized carbons (Fsp3) is 0.316. The average molecular weight is 484 g/mol. The van der Waals surface area contributed by atoms with Crippen LogP contribution < -0.4 is 9.64 Å². The maximum atomic E-state index is 10.1. The SMILES string of the molecule is CCOc1cc(C=Nc2ccc(N3CCOCC3)cc2)c(Br)c(Br)c1O. The normalized spacial score (nSPS) is 14.8. The van der Waals surface area contributed by atoms with Gasteiger partial charge in [0.2, 0.25) is 0 Å². The summed E-state index contributed by atoms with van der Waals surface area (Å²) in [5.74, 6) is 0.498. The first kappa shape index (κ1) is 19.2. The number of ether oxygens (including phenoxy) is 2. The van der Waals surface area contributed by atoms with Gasteiger partial charge in [0.15, 0.2) is 11.5 Å². The van der Waals surface area contributed by atoms with E-state index in [0.29, 0.717) is 16.8 Å². The third-order valence-electron chi connectivity index (χ3n) is 4.05. The van der Waals surface area contributed by atoms with E-state index >= 15 is 0 Å². The molecule has 0 aliphatic carbocycles. The molecule has 7 heteroatoms. The molecule has 0 radical (unpaired) electrons. The smallest absolute Gasteiger partial charge is 0.173 e. The van der Waals surface area contributed by atoms with Crippen LogP contribution in [0.25, 0.3) is 0 Å². The van der Waals surface area contributed by atoms with Crippen molar-refractivity contribution in [3.05, 3.63) is 44.8 Å². The molecule has 1 fully saturated rings. The number of phenolic OH excluding ortho intramolecular Hbond substituents is 1. The Balaban J connectivity index is 1.79. The fourth-order valence-electron chi connectivity index (χ4n) is 2.69. The van der Waals surface area contributed by atoms with Crippen molar-refractivity contribution in [1.82, 2.24) is 0 Å². The van der Waals surface area contributed by atoms with Gasteiger partial charge in [0.05, 0.1) is 30.0 Å². The van der Waals surface area contributed by atoms with Crippen molar-refractivity contribution in [2.24, 2.45) is 4.99 Å². The summed E-state index contributed by atoms with van der Waals surface area (Å²) in [5.41, 5.74) is 2.85. The van der Waals surface area contributed by atoms with E-state index in [1.54, 1.807) is 12.3 Å². The number of halogens is 2. The summed E-state index contributed by atoms with van der Waals surface area (Å²) in [7, 11) is 0. The highest BCUT2D eigenvalue weighted by Gasteiger charge is 2.14. The maximum absolute atomic E-state index is 10.1. The highest BCUT2D eigenvalue weighted by atomic mass is 79.9. The second-order valence-corrected chi connectivity index (χ2v) is 7.33. The Bertz CT molecular complexity index is 788. The third-order valence-corrected chi connectivity index (χ3v) is 6.21. The van der Waals surface area contributed by atoms with E-state index in [0.717, 1.165) is 42.0 Å². The number of anilines is 1. The second kappa shape index (κ2) is 8.88. The monoisotopic (exact) mass is 482 g/mol. The van der Waals surface area contributed by atoms with Crippen LogP contribution in [-0.4, -0.2) is 44.2 Å². The van der Waals surface area contributed by atoms with Gasteiger partial charge in [-0.1, -0.05) is 0 Å². The van der Waals surface area contributed by atoms with Gasteiger partial charge in [-0.15, -0.1) is 0 Å². The lowest BCUT2D eigenvalue weighted by atomic mass is 10.2. The molecule has 1 aliphatic heterocycles. The molecule has 3 rings (SSSR count). The zero-order chi connectivity index (χ0) is 18.5. The van der Waals surface area contributed by atoms with Gasteiger partial charge >= 0.3 is 0 Å². The van der Waals surface area contributed by atoms with E-state index < -0.39 is 0 Å². The molecular formula is C19H20Br2N2O3. The molecule has 0 unspecified atom stereocenters. The van der Waals surface area contributed by atoms with Gasteiger partial charge < -0.3 is 19.5 Å². The standard InChI is InChI=1S/C19H20Br2N2O3/c1-2-26-16-11-13(17(20)18(21)19(16)24)12-22-14-3-5-15(6-4-14)23-7-9-25-10-8-23/h3-6,11-12,24H,2,7-10H2,1H3. The summed E-state index contributed by atoms with van der Waals surface area (Å²) < 4.78 is 12.1. The van der Waals surface area contributed by atoms with E-state index in [1.807, 2.05) is 19.1 Å². The number of rotatable bonds is 5. The predicted molar refractivity (Wildman–Crippen MR) is 111 cm³/mol. The average Bonchev–Trinajstić information content (AvgIpc) is 2.69. The number of benzene rings is 2. The number of hydrogen-bond acceptors (Lipinski definition) is 5. The minimum Gasteiger partial charge on any atom is -0.503 e. The third kappa shape index (κ3) is 4.39. The highest BCUT2D eigenvalue weighted by Crippen LogP contribution is 2.41. The molecule has 138 valence electrons. The lowest BCUT2D eigenvalue weighted by Crippen LogP contribution is -2.36. The van der Waals surface area contributed by atoms with Gasteiger partial charge in [0, 0.05) is 35.0 Å². The van der Waals surface area contributed by atoms with Crippen LogP contribution in [0.4, 0.5) is 11.4 Å². The number of morpholine rings is 1. The first-order valence-corrected chi connectivity index (χ1v) is 9.99. The lowest BCUT2D eigenvalue weighted by Gasteiger charge is -2.28. The zero-order valence-corrected chi connectivity index (χ0v) is 17.6. The van der Waals surface area contributed by atoms with Crippen molar-refractivity contribution in [1.29, 1.82) is 0 Å². The molecule has 0 aromatic heterocycles. The first-order valence-electron chi connectivity index (χ1n) is 8.40. The molecule has 26 heavy (non-hydrogen) atoms. The zero-order valence-electron chi connectivity index (χ0n) is 14.4. The van der Waals surface area contributed by atoms with Gasteiger partial charge in [0.1, 0.15) is 0 Å². The molecule has 2 aromatic carbocycles. The summed E-state index contributed by atoms with van der Waals surface area (Å²) in [6, 6.07) is 9.90. The molecule has 0 bridgehead atoms. The number of phenols is 1. The summed E-state index contributed by atoms with van der Waals surface area (Å²) in [6.07, 6.45) is 1.75. The molecule has 2 aromatic rings. The Morgan fingerprint density at radius 3 is 2.54 bits per heavy atom. The molecule has 1 aliphatic rings. The van der Waals surface area contributed by atoms with Crippen LogP contribution in [-0.2, 0) is 4.74 Å². The summed E-state index contributed by atoms with van der Waals surface area (Å²) in [4.78, 5) is 6.84.